The summed E-state index contributed by atoms with van der Waals surface area (Å²) in [5, 5.41) is 14.9. The molecule has 0 radical (unpaired) electrons. The van der Waals surface area contributed by atoms with Crippen LogP contribution in [0.2, 0.25) is 0 Å². The summed E-state index contributed by atoms with van der Waals surface area (Å²) in [5.41, 5.74) is 4.11. The molecule has 1 aliphatic heterocycles. The average molecular weight is 581 g/mol. The van der Waals surface area contributed by atoms with E-state index in [9.17, 15) is 5.11 Å². The minimum Gasteiger partial charge on any atom is -0.493 e. The van der Waals surface area contributed by atoms with Crippen LogP contribution in [0.15, 0.2) is 97.6 Å². The Hall–Kier alpha value is -4.69. The summed E-state index contributed by atoms with van der Waals surface area (Å²) in [4.78, 5) is 8.52. The first-order chi connectivity index (χ1) is 20.7. The molecule has 0 bridgehead atoms. The normalized spacial score (nSPS) is 14.0. The van der Waals surface area contributed by atoms with Gasteiger partial charge in [-0.1, -0.05) is 32.9 Å². The Kier molecular flexibility index (Phi) is 9.07. The van der Waals surface area contributed by atoms with Crippen molar-refractivity contribution in [3.63, 3.8) is 0 Å². The van der Waals surface area contributed by atoms with E-state index >= 15 is 0 Å². The molecule has 2 heterocycles. The van der Waals surface area contributed by atoms with E-state index in [2.05, 4.69) is 60.2 Å². The van der Waals surface area contributed by atoms with E-state index in [0.717, 1.165) is 23.3 Å². The number of aromatic nitrogens is 1. The minimum atomic E-state index is -0.707. The molecule has 1 unspecified atom stereocenters. The maximum Gasteiger partial charge on any atom is 0.163 e. The summed E-state index contributed by atoms with van der Waals surface area (Å²) in [6.07, 6.45) is 8.91. The molecule has 8 heteroatoms. The minimum absolute atomic E-state index is 0.104. The number of benzene rings is 3. The lowest BCUT2D eigenvalue weighted by Gasteiger charge is -2.20. The van der Waals surface area contributed by atoms with Gasteiger partial charge >= 0.3 is 0 Å². The van der Waals surface area contributed by atoms with E-state index in [1.807, 2.05) is 79.1 Å². The molecule has 0 saturated carbocycles. The van der Waals surface area contributed by atoms with Crippen molar-refractivity contribution in [1.82, 2.24) is 14.8 Å². The molecule has 5 rings (SSSR count). The van der Waals surface area contributed by atoms with Crippen LogP contribution in [0.5, 0.6) is 23.0 Å². The maximum absolute atomic E-state index is 10.6. The second-order valence-corrected chi connectivity index (χ2v) is 11.7. The number of rotatable bonds is 10. The molecular weight excluding hydrogens is 540 g/mol. The van der Waals surface area contributed by atoms with E-state index in [0.29, 0.717) is 35.1 Å². The Balaban J connectivity index is 1.25. The molecule has 3 aromatic carbocycles. The van der Waals surface area contributed by atoms with Crippen molar-refractivity contribution in [1.29, 1.82) is 0 Å². The van der Waals surface area contributed by atoms with Gasteiger partial charge in [0.25, 0.3) is 0 Å². The van der Waals surface area contributed by atoms with E-state index < -0.39 is 6.10 Å². The lowest BCUT2D eigenvalue weighted by atomic mass is 9.87. The maximum atomic E-state index is 10.6. The zero-order valence-corrected chi connectivity index (χ0v) is 25.4. The highest BCUT2D eigenvalue weighted by Gasteiger charge is 2.16. The average Bonchev–Trinajstić information content (AvgIpc) is 3.20. The van der Waals surface area contributed by atoms with Crippen LogP contribution in [0.3, 0.4) is 0 Å². The topological polar surface area (TPSA) is 79.3 Å². The Labute approximate surface area is 253 Å². The van der Waals surface area contributed by atoms with Gasteiger partial charge in [-0.3, -0.25) is 4.98 Å². The van der Waals surface area contributed by atoms with E-state index in [1.54, 1.807) is 13.3 Å². The number of pyridine rings is 1. The molecule has 4 aromatic rings. The molecule has 0 saturated heterocycles. The Morgan fingerprint density at radius 3 is 2.33 bits per heavy atom. The number of β-amino-alcohol motifs (C(OH)–C–C–N with tert-alkyl or cyclic N) is 1. The molecule has 0 amide bonds. The molecule has 0 aliphatic carbocycles. The van der Waals surface area contributed by atoms with Gasteiger partial charge in [0.15, 0.2) is 11.5 Å². The number of aliphatic hydroxyl groups is 1. The zero-order chi connectivity index (χ0) is 30.4. The number of hydrogen-bond donors (Lipinski definition) is 2. The second kappa shape index (κ2) is 13.1. The van der Waals surface area contributed by atoms with E-state index in [1.165, 1.54) is 5.56 Å². The first-order valence-electron chi connectivity index (χ1n) is 14.4. The fourth-order valence-corrected chi connectivity index (χ4v) is 4.71. The van der Waals surface area contributed by atoms with Gasteiger partial charge in [-0.15, -0.1) is 0 Å². The van der Waals surface area contributed by atoms with Crippen molar-refractivity contribution in [2.45, 2.75) is 32.3 Å². The van der Waals surface area contributed by atoms with Crippen LogP contribution >= 0.6 is 0 Å². The van der Waals surface area contributed by atoms with Crippen LogP contribution in [0, 0.1) is 0 Å². The summed E-state index contributed by atoms with van der Waals surface area (Å²) < 4.78 is 17.9. The number of aliphatic hydroxyl groups excluding tert-OH is 1. The van der Waals surface area contributed by atoms with Crippen LogP contribution < -0.4 is 19.5 Å². The fraction of sp³-hybridized carbons (Fsp3) is 0.286. The SMILES string of the molecule is COc1cc2c(Oc3ccc(Nc4ccc(C(C)(C)C)cc4)cc3)ccnc2cc1OCC(O)CN1C=CCN(C)C=C1. The van der Waals surface area contributed by atoms with Crippen molar-refractivity contribution < 1.29 is 19.3 Å². The molecular formula is C35H40N4O4. The molecule has 0 spiro atoms. The molecule has 224 valence electrons. The molecule has 2 N–H and O–H groups in total. The number of hydrogen-bond acceptors (Lipinski definition) is 8. The molecule has 43 heavy (non-hydrogen) atoms. The predicted octanol–water partition coefficient (Wildman–Crippen LogP) is 7.05. The van der Waals surface area contributed by atoms with E-state index in [-0.39, 0.29) is 12.0 Å². The largest absolute Gasteiger partial charge is 0.493 e. The van der Waals surface area contributed by atoms with Gasteiger partial charge in [-0.25, -0.2) is 0 Å². The third kappa shape index (κ3) is 7.78. The summed E-state index contributed by atoms with van der Waals surface area (Å²) in [7, 11) is 3.59. The lowest BCUT2D eigenvalue weighted by Crippen LogP contribution is -2.29. The Morgan fingerprint density at radius 1 is 0.907 bits per heavy atom. The predicted molar refractivity (Wildman–Crippen MR) is 172 cm³/mol. The number of nitrogens with zero attached hydrogens (tertiary/aromatic N) is 3. The monoisotopic (exact) mass is 580 g/mol. The molecule has 8 nitrogen and oxygen atoms in total. The number of nitrogens with one attached hydrogen (secondary N) is 1. The number of methoxy groups -OCH3 is 1. The van der Waals surface area contributed by atoms with Gasteiger partial charge in [0.05, 0.1) is 19.2 Å². The van der Waals surface area contributed by atoms with Gasteiger partial charge in [0.2, 0.25) is 0 Å². The first-order valence-corrected chi connectivity index (χ1v) is 14.4. The highest BCUT2D eigenvalue weighted by molar-refractivity contribution is 5.88. The Morgan fingerprint density at radius 2 is 1.63 bits per heavy atom. The summed E-state index contributed by atoms with van der Waals surface area (Å²) in [6.45, 7) is 7.97. The van der Waals surface area contributed by atoms with Gasteiger partial charge in [-0.05, 0) is 65.6 Å². The van der Waals surface area contributed by atoms with Gasteiger partial charge in [-0.2, -0.15) is 0 Å². The van der Waals surface area contributed by atoms with Crippen molar-refractivity contribution in [2.24, 2.45) is 0 Å². The second-order valence-electron chi connectivity index (χ2n) is 11.7. The van der Waals surface area contributed by atoms with Crippen LogP contribution in [-0.2, 0) is 5.41 Å². The standard InChI is InChI=1S/C35H40N4O4/c1-35(2,3)25-7-9-26(10-8-25)37-27-11-13-29(14-12-27)43-32-15-16-36-31-22-34(33(41-5)21-30(31)32)42-24-28(40)23-39-18-6-17-38(4)19-20-39/h6-16,18-22,28,37,40H,17,23-24H2,1-5H3. The third-order valence-electron chi connectivity index (χ3n) is 7.16. The number of likely N-dealkylation sites (N-methyl/N-ethyl adjacent to an activating group) is 1. The highest BCUT2D eigenvalue weighted by Crippen LogP contribution is 2.37. The molecule has 1 atom stereocenters. The van der Waals surface area contributed by atoms with Crippen molar-refractivity contribution in [3.05, 3.63) is 103 Å². The molecule has 0 fully saturated rings. The van der Waals surface area contributed by atoms with Crippen molar-refractivity contribution in [2.75, 3.05) is 39.2 Å². The number of anilines is 2. The number of ether oxygens (including phenoxy) is 3. The molecule has 1 aliphatic rings. The van der Waals surface area contributed by atoms with E-state index in [4.69, 9.17) is 14.2 Å². The summed E-state index contributed by atoms with van der Waals surface area (Å²) in [6, 6.07) is 21.9. The van der Waals surface area contributed by atoms with Gasteiger partial charge < -0.3 is 34.4 Å². The Bertz CT molecular complexity index is 1580. The van der Waals surface area contributed by atoms with Gasteiger partial charge in [0, 0.05) is 61.2 Å². The smallest absolute Gasteiger partial charge is 0.163 e. The highest BCUT2D eigenvalue weighted by atomic mass is 16.5. The third-order valence-corrected chi connectivity index (χ3v) is 7.16. The first kappa shape index (κ1) is 29.8. The summed E-state index contributed by atoms with van der Waals surface area (Å²) in [5.74, 6) is 2.39. The van der Waals surface area contributed by atoms with Crippen molar-refractivity contribution in [3.8, 4) is 23.0 Å². The number of fused-ring (bicyclic) bond motifs is 1. The van der Waals surface area contributed by atoms with Gasteiger partial charge in [0.1, 0.15) is 24.2 Å². The zero-order valence-electron chi connectivity index (χ0n) is 25.4. The quantitative estimate of drug-likeness (QED) is 0.207. The van der Waals surface area contributed by atoms with Crippen molar-refractivity contribution >= 4 is 22.3 Å². The van der Waals surface area contributed by atoms with Crippen LogP contribution in [0.25, 0.3) is 10.9 Å². The molecule has 1 aromatic heterocycles. The fourth-order valence-electron chi connectivity index (χ4n) is 4.71. The lowest BCUT2D eigenvalue weighted by molar-refractivity contribution is 0.0898. The summed E-state index contributed by atoms with van der Waals surface area (Å²) >= 11 is 0. The van der Waals surface area contributed by atoms with Crippen LogP contribution in [0.4, 0.5) is 11.4 Å². The van der Waals surface area contributed by atoms with Crippen LogP contribution in [0.1, 0.15) is 26.3 Å². The van der Waals surface area contributed by atoms with Crippen LogP contribution in [-0.4, -0.2) is 59.8 Å².